The lowest BCUT2D eigenvalue weighted by Crippen LogP contribution is -2.44. The molecule has 0 radical (unpaired) electrons. The highest BCUT2D eigenvalue weighted by Crippen LogP contribution is 2.01. The third kappa shape index (κ3) is 6.94. The van der Waals surface area contributed by atoms with Gasteiger partial charge in [0, 0.05) is 32.4 Å². The van der Waals surface area contributed by atoms with Crippen molar-refractivity contribution in [2.75, 3.05) is 44.7 Å². The molecule has 2 heterocycles. The van der Waals surface area contributed by atoms with Crippen molar-refractivity contribution in [1.29, 1.82) is 0 Å². The highest BCUT2D eigenvalue weighted by atomic mass is 127. The molecule has 118 valence electrons. The van der Waals surface area contributed by atoms with Gasteiger partial charge in [0.1, 0.15) is 5.82 Å². The van der Waals surface area contributed by atoms with Gasteiger partial charge in [0.2, 0.25) is 0 Å². The van der Waals surface area contributed by atoms with Crippen molar-refractivity contribution >= 4 is 35.8 Å². The number of aromatic nitrogens is 1. The quantitative estimate of drug-likeness (QED) is 0.325. The number of pyridine rings is 1. The predicted molar refractivity (Wildman–Crippen MR) is 96.3 cm³/mol. The number of guanidine groups is 1. The van der Waals surface area contributed by atoms with Crippen molar-refractivity contribution in [3.05, 3.63) is 24.4 Å². The van der Waals surface area contributed by atoms with Crippen LogP contribution in [0.1, 0.15) is 12.8 Å². The number of nitrogens with two attached hydrogens (primary N) is 1. The highest BCUT2D eigenvalue weighted by Gasteiger charge is 2.11. The molecule has 1 aliphatic heterocycles. The second-order valence-corrected chi connectivity index (χ2v) is 4.69. The zero-order valence-electron chi connectivity index (χ0n) is 12.2. The number of hydrogen-bond acceptors (Lipinski definition) is 4. The van der Waals surface area contributed by atoms with E-state index in [1.54, 1.807) is 6.20 Å². The first-order chi connectivity index (χ1) is 9.86. The molecule has 1 aromatic heterocycles. The lowest BCUT2D eigenvalue weighted by atomic mass is 10.3. The molecule has 0 aromatic carbocycles. The molecule has 1 aliphatic rings. The molecular weight excluding hydrogens is 381 g/mol. The molecule has 7 heteroatoms. The summed E-state index contributed by atoms with van der Waals surface area (Å²) in [5, 5.41) is 3.28. The summed E-state index contributed by atoms with van der Waals surface area (Å²) in [7, 11) is 0. The zero-order chi connectivity index (χ0) is 14.0. The van der Waals surface area contributed by atoms with Crippen molar-refractivity contribution in [2.24, 2.45) is 10.7 Å². The van der Waals surface area contributed by atoms with E-state index >= 15 is 0 Å². The van der Waals surface area contributed by atoms with E-state index < -0.39 is 0 Å². The van der Waals surface area contributed by atoms with Crippen LogP contribution in [0.2, 0.25) is 0 Å². The van der Waals surface area contributed by atoms with Crippen LogP contribution in [0.15, 0.2) is 29.4 Å². The minimum absolute atomic E-state index is 0. The summed E-state index contributed by atoms with van der Waals surface area (Å²) in [6.45, 7) is 4.85. The molecule has 0 unspecified atom stereocenters. The fourth-order valence-corrected chi connectivity index (χ4v) is 2.01. The van der Waals surface area contributed by atoms with E-state index in [2.05, 4.69) is 20.2 Å². The molecule has 3 N–H and O–H groups in total. The third-order valence-electron chi connectivity index (χ3n) is 3.16. The molecule has 1 saturated heterocycles. The molecule has 21 heavy (non-hydrogen) atoms. The van der Waals surface area contributed by atoms with E-state index in [0.717, 1.165) is 58.1 Å². The highest BCUT2D eigenvalue weighted by molar-refractivity contribution is 14.0. The standard InChI is InChI=1S/C14H23N5O.HI/c15-14(19-9-11-20-12-10-19)18-8-4-3-7-17-13-5-1-2-6-16-13;/h1-2,5-6H,3-4,7-12H2,(H2,15,18)(H,16,17);1H. The second kappa shape index (κ2) is 10.6. The van der Waals surface area contributed by atoms with Gasteiger partial charge in [0.05, 0.1) is 13.2 Å². The molecule has 0 bridgehead atoms. The maximum atomic E-state index is 5.95. The largest absolute Gasteiger partial charge is 0.378 e. The van der Waals surface area contributed by atoms with Gasteiger partial charge in [-0.15, -0.1) is 24.0 Å². The van der Waals surface area contributed by atoms with Crippen molar-refractivity contribution in [3.8, 4) is 0 Å². The molecule has 1 aromatic rings. The van der Waals surface area contributed by atoms with E-state index in [1.807, 2.05) is 18.2 Å². The summed E-state index contributed by atoms with van der Waals surface area (Å²) in [4.78, 5) is 10.7. The molecule has 1 fully saturated rings. The van der Waals surface area contributed by atoms with Crippen molar-refractivity contribution in [1.82, 2.24) is 9.88 Å². The fraction of sp³-hybridized carbons (Fsp3) is 0.571. The molecular formula is C14H24IN5O. The van der Waals surface area contributed by atoms with Crippen LogP contribution in [0.25, 0.3) is 0 Å². The van der Waals surface area contributed by atoms with Crippen molar-refractivity contribution in [3.63, 3.8) is 0 Å². The predicted octanol–water partition coefficient (Wildman–Crippen LogP) is 1.54. The van der Waals surface area contributed by atoms with Gasteiger partial charge in [-0.05, 0) is 25.0 Å². The summed E-state index contributed by atoms with van der Waals surface area (Å²) >= 11 is 0. The van der Waals surface area contributed by atoms with Gasteiger partial charge in [-0.2, -0.15) is 0 Å². The van der Waals surface area contributed by atoms with E-state index in [-0.39, 0.29) is 24.0 Å². The van der Waals surface area contributed by atoms with E-state index in [1.165, 1.54) is 0 Å². The van der Waals surface area contributed by atoms with Crippen LogP contribution in [-0.2, 0) is 4.74 Å². The number of aliphatic imine (C=N–C) groups is 1. The summed E-state index contributed by atoms with van der Waals surface area (Å²) in [6.07, 6.45) is 3.86. The monoisotopic (exact) mass is 405 g/mol. The summed E-state index contributed by atoms with van der Waals surface area (Å²) < 4.78 is 5.28. The smallest absolute Gasteiger partial charge is 0.191 e. The Kier molecular flexibility index (Phi) is 9.07. The normalized spacial score (nSPS) is 15.4. The average Bonchev–Trinajstić information content (AvgIpc) is 2.52. The van der Waals surface area contributed by atoms with Crippen LogP contribution in [0, 0.1) is 0 Å². The van der Waals surface area contributed by atoms with Crippen LogP contribution in [-0.4, -0.2) is 55.2 Å². The number of hydrogen-bond donors (Lipinski definition) is 2. The van der Waals surface area contributed by atoms with Gasteiger partial charge >= 0.3 is 0 Å². The number of rotatable bonds is 6. The Labute approximate surface area is 143 Å². The molecule has 0 saturated carbocycles. The fourth-order valence-electron chi connectivity index (χ4n) is 2.01. The SMILES string of the molecule is I.NC(=NCCCCNc1ccccn1)N1CCOCC1. The Bertz CT molecular complexity index is 409. The minimum atomic E-state index is 0. The molecule has 2 rings (SSSR count). The van der Waals surface area contributed by atoms with Gasteiger partial charge < -0.3 is 20.7 Å². The number of anilines is 1. The Morgan fingerprint density at radius 2 is 2.14 bits per heavy atom. The summed E-state index contributed by atoms with van der Waals surface area (Å²) in [5.74, 6) is 1.56. The first-order valence-electron chi connectivity index (χ1n) is 7.14. The molecule has 0 spiro atoms. The number of nitrogens with zero attached hydrogens (tertiary/aromatic N) is 3. The molecule has 0 amide bonds. The Morgan fingerprint density at radius 3 is 2.86 bits per heavy atom. The Hall–Kier alpha value is -1.09. The topological polar surface area (TPSA) is 75.8 Å². The average molecular weight is 405 g/mol. The number of halogens is 1. The molecule has 0 aliphatic carbocycles. The second-order valence-electron chi connectivity index (χ2n) is 4.69. The Morgan fingerprint density at radius 1 is 1.33 bits per heavy atom. The maximum absolute atomic E-state index is 5.95. The number of nitrogens with one attached hydrogen (secondary N) is 1. The van der Waals surface area contributed by atoms with E-state index in [9.17, 15) is 0 Å². The van der Waals surface area contributed by atoms with Crippen LogP contribution < -0.4 is 11.1 Å². The van der Waals surface area contributed by atoms with Crippen LogP contribution in [0.4, 0.5) is 5.82 Å². The van der Waals surface area contributed by atoms with E-state index in [4.69, 9.17) is 10.5 Å². The maximum Gasteiger partial charge on any atom is 0.191 e. The molecule has 6 nitrogen and oxygen atoms in total. The first kappa shape index (κ1) is 18.0. The lowest BCUT2D eigenvalue weighted by molar-refractivity contribution is 0.0674. The number of ether oxygens (including phenoxy) is 1. The molecule has 0 atom stereocenters. The van der Waals surface area contributed by atoms with Crippen LogP contribution in [0.5, 0.6) is 0 Å². The van der Waals surface area contributed by atoms with Gasteiger partial charge in [-0.1, -0.05) is 6.07 Å². The number of morpholine rings is 1. The van der Waals surface area contributed by atoms with Gasteiger partial charge in [-0.3, -0.25) is 4.99 Å². The van der Waals surface area contributed by atoms with Crippen LogP contribution >= 0.6 is 24.0 Å². The Balaban J connectivity index is 0.00000220. The summed E-state index contributed by atoms with van der Waals surface area (Å²) in [5.41, 5.74) is 5.95. The van der Waals surface area contributed by atoms with Crippen molar-refractivity contribution in [2.45, 2.75) is 12.8 Å². The van der Waals surface area contributed by atoms with Gasteiger partial charge in [-0.25, -0.2) is 4.98 Å². The van der Waals surface area contributed by atoms with Crippen LogP contribution in [0.3, 0.4) is 0 Å². The zero-order valence-corrected chi connectivity index (χ0v) is 14.5. The minimum Gasteiger partial charge on any atom is -0.378 e. The number of unbranched alkanes of at least 4 members (excludes halogenated alkanes) is 1. The van der Waals surface area contributed by atoms with E-state index in [0.29, 0.717) is 5.96 Å². The van der Waals surface area contributed by atoms with Gasteiger partial charge in [0.15, 0.2) is 5.96 Å². The summed E-state index contributed by atoms with van der Waals surface area (Å²) in [6, 6.07) is 5.85. The van der Waals surface area contributed by atoms with Gasteiger partial charge in [0.25, 0.3) is 0 Å². The van der Waals surface area contributed by atoms with Crippen molar-refractivity contribution < 1.29 is 4.74 Å². The lowest BCUT2D eigenvalue weighted by Gasteiger charge is -2.27. The first-order valence-corrected chi connectivity index (χ1v) is 7.14. The third-order valence-corrected chi connectivity index (χ3v) is 3.16.